The molecule has 1 rings (SSSR count). The molecule has 3 heteroatoms. The van der Waals surface area contributed by atoms with Crippen molar-refractivity contribution in [2.45, 2.75) is 39.5 Å². The lowest BCUT2D eigenvalue weighted by atomic mass is 10.1. The minimum absolute atomic E-state index is 0.185. The van der Waals surface area contributed by atoms with Gasteiger partial charge < -0.3 is 4.90 Å². The molecule has 1 aromatic rings. The topological polar surface area (TPSA) is 20.3 Å². The summed E-state index contributed by atoms with van der Waals surface area (Å²) in [5.74, 6) is -0.615. The summed E-state index contributed by atoms with van der Waals surface area (Å²) < 4.78 is 13.6. The van der Waals surface area contributed by atoms with Gasteiger partial charge in [0.1, 0.15) is 5.82 Å². The van der Waals surface area contributed by atoms with Crippen molar-refractivity contribution in [3.8, 4) is 0 Å². The third-order valence-corrected chi connectivity index (χ3v) is 2.95. The Hall–Kier alpha value is -1.38. The maximum absolute atomic E-state index is 13.6. The predicted octanol–water partition coefficient (Wildman–Crippen LogP) is 3.87. The van der Waals surface area contributed by atoms with Crippen LogP contribution in [0, 0.1) is 5.82 Å². The van der Waals surface area contributed by atoms with E-state index in [0.717, 1.165) is 25.7 Å². The van der Waals surface area contributed by atoms with Crippen molar-refractivity contribution in [1.29, 1.82) is 0 Å². The minimum atomic E-state index is -0.430. The van der Waals surface area contributed by atoms with Gasteiger partial charge in [0.25, 0.3) is 5.91 Å². The van der Waals surface area contributed by atoms with E-state index in [1.165, 1.54) is 6.07 Å². The SMILES string of the molecule is CCCCN(CCCC)C(=O)c1ccccc1F. The van der Waals surface area contributed by atoms with Crippen molar-refractivity contribution in [2.24, 2.45) is 0 Å². The molecule has 0 unspecified atom stereocenters. The fraction of sp³-hybridized carbons (Fsp3) is 0.533. The highest BCUT2D eigenvalue weighted by atomic mass is 19.1. The molecule has 0 fully saturated rings. The smallest absolute Gasteiger partial charge is 0.256 e. The van der Waals surface area contributed by atoms with E-state index in [4.69, 9.17) is 0 Å². The molecule has 100 valence electrons. The lowest BCUT2D eigenvalue weighted by Crippen LogP contribution is -2.33. The van der Waals surface area contributed by atoms with Crippen molar-refractivity contribution in [3.63, 3.8) is 0 Å². The first kappa shape index (κ1) is 14.7. The number of benzene rings is 1. The van der Waals surface area contributed by atoms with Crippen LogP contribution in [0.4, 0.5) is 4.39 Å². The largest absolute Gasteiger partial charge is 0.339 e. The van der Waals surface area contributed by atoms with Crippen molar-refractivity contribution < 1.29 is 9.18 Å². The van der Waals surface area contributed by atoms with Crippen LogP contribution in [0.5, 0.6) is 0 Å². The van der Waals surface area contributed by atoms with Gasteiger partial charge in [0, 0.05) is 13.1 Å². The summed E-state index contributed by atoms with van der Waals surface area (Å²) in [6.45, 7) is 5.60. The second kappa shape index (κ2) is 7.85. The maximum atomic E-state index is 13.6. The Morgan fingerprint density at radius 3 is 2.17 bits per heavy atom. The van der Waals surface area contributed by atoms with E-state index >= 15 is 0 Å². The van der Waals surface area contributed by atoms with Gasteiger partial charge in [-0.25, -0.2) is 4.39 Å². The molecule has 0 atom stereocenters. The Bertz CT molecular complexity index is 371. The number of nitrogens with zero attached hydrogens (tertiary/aromatic N) is 1. The monoisotopic (exact) mass is 251 g/mol. The van der Waals surface area contributed by atoms with E-state index in [-0.39, 0.29) is 11.5 Å². The second-order valence-corrected chi connectivity index (χ2v) is 4.48. The molecular formula is C15H22FNO. The molecule has 0 radical (unpaired) electrons. The third kappa shape index (κ3) is 4.13. The molecule has 0 spiro atoms. The number of carbonyl (C=O) groups is 1. The van der Waals surface area contributed by atoms with Gasteiger partial charge in [-0.1, -0.05) is 38.8 Å². The number of halogens is 1. The van der Waals surface area contributed by atoms with Crippen molar-refractivity contribution in [1.82, 2.24) is 4.90 Å². The molecule has 0 saturated carbocycles. The van der Waals surface area contributed by atoms with Gasteiger partial charge in [0.2, 0.25) is 0 Å². The fourth-order valence-corrected chi connectivity index (χ4v) is 1.82. The highest BCUT2D eigenvalue weighted by Crippen LogP contribution is 2.11. The quantitative estimate of drug-likeness (QED) is 0.720. The predicted molar refractivity (Wildman–Crippen MR) is 72.1 cm³/mol. The molecule has 1 amide bonds. The van der Waals surface area contributed by atoms with E-state index in [1.807, 2.05) is 0 Å². The number of unbranched alkanes of at least 4 members (excludes halogenated alkanes) is 2. The van der Waals surface area contributed by atoms with Crippen LogP contribution in [-0.2, 0) is 0 Å². The Morgan fingerprint density at radius 1 is 1.11 bits per heavy atom. The normalized spacial score (nSPS) is 10.4. The van der Waals surface area contributed by atoms with E-state index < -0.39 is 5.82 Å². The van der Waals surface area contributed by atoms with Gasteiger partial charge in [0.15, 0.2) is 0 Å². The maximum Gasteiger partial charge on any atom is 0.256 e. The van der Waals surface area contributed by atoms with Crippen LogP contribution in [0.25, 0.3) is 0 Å². The first-order valence-corrected chi connectivity index (χ1v) is 6.74. The summed E-state index contributed by atoms with van der Waals surface area (Å²) in [6, 6.07) is 6.20. The minimum Gasteiger partial charge on any atom is -0.339 e. The number of rotatable bonds is 7. The summed E-state index contributed by atoms with van der Waals surface area (Å²) >= 11 is 0. The van der Waals surface area contributed by atoms with Gasteiger partial charge in [-0.2, -0.15) is 0 Å². The van der Waals surface area contributed by atoms with Crippen LogP contribution in [0.1, 0.15) is 49.9 Å². The van der Waals surface area contributed by atoms with E-state index in [9.17, 15) is 9.18 Å². The van der Waals surface area contributed by atoms with E-state index in [0.29, 0.717) is 13.1 Å². The van der Waals surface area contributed by atoms with Gasteiger partial charge >= 0.3 is 0 Å². The Balaban J connectivity index is 2.77. The number of hydrogen-bond acceptors (Lipinski definition) is 1. The highest BCUT2D eigenvalue weighted by Gasteiger charge is 2.17. The zero-order valence-electron chi connectivity index (χ0n) is 11.3. The summed E-state index contributed by atoms with van der Waals surface area (Å²) in [4.78, 5) is 14.0. The van der Waals surface area contributed by atoms with Crippen molar-refractivity contribution in [3.05, 3.63) is 35.6 Å². The molecular weight excluding hydrogens is 229 g/mol. The first-order valence-electron chi connectivity index (χ1n) is 6.74. The molecule has 0 aliphatic carbocycles. The lowest BCUT2D eigenvalue weighted by Gasteiger charge is -2.22. The summed E-state index contributed by atoms with van der Waals surface area (Å²) in [7, 11) is 0. The van der Waals surface area contributed by atoms with Crippen LogP contribution in [-0.4, -0.2) is 23.9 Å². The highest BCUT2D eigenvalue weighted by molar-refractivity contribution is 5.94. The summed E-state index contributed by atoms with van der Waals surface area (Å²) in [6.07, 6.45) is 3.99. The Labute approximate surface area is 109 Å². The van der Waals surface area contributed by atoms with Crippen LogP contribution in [0.3, 0.4) is 0 Å². The van der Waals surface area contributed by atoms with Gasteiger partial charge in [-0.05, 0) is 25.0 Å². The molecule has 0 aliphatic rings. The number of carbonyl (C=O) groups excluding carboxylic acids is 1. The van der Waals surface area contributed by atoms with E-state index in [2.05, 4.69) is 13.8 Å². The van der Waals surface area contributed by atoms with Crippen molar-refractivity contribution >= 4 is 5.91 Å². The second-order valence-electron chi connectivity index (χ2n) is 4.48. The van der Waals surface area contributed by atoms with Crippen LogP contribution >= 0.6 is 0 Å². The molecule has 0 N–H and O–H groups in total. The average molecular weight is 251 g/mol. The molecule has 0 bridgehead atoms. The van der Waals surface area contributed by atoms with Crippen LogP contribution in [0.2, 0.25) is 0 Å². The molecule has 0 heterocycles. The molecule has 1 aromatic carbocycles. The third-order valence-electron chi connectivity index (χ3n) is 2.95. The number of amides is 1. The molecule has 2 nitrogen and oxygen atoms in total. The van der Waals surface area contributed by atoms with Gasteiger partial charge in [0.05, 0.1) is 5.56 Å². The fourth-order valence-electron chi connectivity index (χ4n) is 1.82. The molecule has 0 aliphatic heterocycles. The van der Waals surface area contributed by atoms with E-state index in [1.54, 1.807) is 23.1 Å². The standard InChI is InChI=1S/C15H22FNO/c1-3-5-11-17(12-6-4-2)15(18)13-9-7-8-10-14(13)16/h7-10H,3-6,11-12H2,1-2H3. The molecule has 0 aromatic heterocycles. The molecule has 18 heavy (non-hydrogen) atoms. The van der Waals surface area contributed by atoms with Crippen LogP contribution < -0.4 is 0 Å². The summed E-state index contributed by atoms with van der Waals surface area (Å²) in [5, 5.41) is 0. The Kier molecular flexibility index (Phi) is 6.40. The van der Waals surface area contributed by atoms with Gasteiger partial charge in [-0.3, -0.25) is 4.79 Å². The molecule has 0 saturated heterocycles. The van der Waals surface area contributed by atoms with Crippen LogP contribution in [0.15, 0.2) is 24.3 Å². The zero-order valence-corrected chi connectivity index (χ0v) is 11.3. The average Bonchev–Trinajstić information content (AvgIpc) is 2.39. The first-order chi connectivity index (χ1) is 8.70. The summed E-state index contributed by atoms with van der Waals surface area (Å²) in [5.41, 5.74) is 0.185. The Morgan fingerprint density at radius 2 is 1.67 bits per heavy atom. The van der Waals surface area contributed by atoms with Crippen molar-refractivity contribution in [2.75, 3.05) is 13.1 Å². The lowest BCUT2D eigenvalue weighted by molar-refractivity contribution is 0.0746. The zero-order chi connectivity index (χ0) is 13.4. The van der Waals surface area contributed by atoms with Gasteiger partial charge in [-0.15, -0.1) is 0 Å². The number of hydrogen-bond donors (Lipinski definition) is 0.